The van der Waals surface area contributed by atoms with Gasteiger partial charge < -0.3 is 18.8 Å². The van der Waals surface area contributed by atoms with Crippen LogP contribution in [0.3, 0.4) is 0 Å². The molecular formula is C26H30ClN3O7S. The van der Waals surface area contributed by atoms with Crippen LogP contribution in [0.25, 0.3) is 11.1 Å². The number of sulfonamides is 1. The molecule has 0 aliphatic carbocycles. The van der Waals surface area contributed by atoms with E-state index < -0.39 is 21.2 Å². The van der Waals surface area contributed by atoms with Crippen LogP contribution < -0.4 is 10.5 Å². The van der Waals surface area contributed by atoms with Gasteiger partial charge in [-0.2, -0.15) is 4.31 Å². The van der Waals surface area contributed by atoms with Gasteiger partial charge in [-0.05, 0) is 55.7 Å². The third-order valence-corrected chi connectivity index (χ3v) is 9.70. The van der Waals surface area contributed by atoms with E-state index in [-0.39, 0.29) is 42.5 Å². The zero-order chi connectivity index (χ0) is 26.9. The third kappa shape index (κ3) is 5.61. The average molecular weight is 564 g/mol. The lowest BCUT2D eigenvalue weighted by molar-refractivity contribution is -0.139. The van der Waals surface area contributed by atoms with Gasteiger partial charge in [-0.25, -0.2) is 13.2 Å². The second kappa shape index (κ2) is 10.7. The number of hydrogen-bond donors (Lipinski definition) is 1. The van der Waals surface area contributed by atoms with Crippen LogP contribution in [0, 0.1) is 12.3 Å². The van der Waals surface area contributed by atoms with Crippen LogP contribution in [0.1, 0.15) is 24.8 Å². The van der Waals surface area contributed by atoms with Crippen LogP contribution in [0.4, 0.5) is 0 Å². The van der Waals surface area contributed by atoms with Gasteiger partial charge in [0.2, 0.25) is 15.9 Å². The average Bonchev–Trinajstić information content (AvgIpc) is 3.29. The number of nitrogens with one attached hydrogen (secondary N) is 1. The van der Waals surface area contributed by atoms with Crippen molar-refractivity contribution in [2.24, 2.45) is 5.41 Å². The Kier molecular flexibility index (Phi) is 7.54. The van der Waals surface area contributed by atoms with Crippen molar-refractivity contribution in [2.75, 3.05) is 46.0 Å². The van der Waals surface area contributed by atoms with Gasteiger partial charge in [0.15, 0.2) is 5.58 Å². The fourth-order valence-corrected chi connectivity index (χ4v) is 6.57. The standard InChI is InChI=1S/C26H30ClN3O7S/c1-18-14-19(2-4-21(18)27)36-17-26(16-24(31)29-10-12-35-13-11-29)6-8-30(9-7-26)38(33,34)20-3-5-22-23(15-20)37-25(32)28-22/h2-5,14-15H,6-13,16-17H2,1H3,(H,28,32). The van der Waals surface area contributed by atoms with Crippen molar-refractivity contribution < 1.29 is 27.1 Å². The normalized spacial score (nSPS) is 18.5. The third-order valence-electron chi connectivity index (χ3n) is 7.38. The van der Waals surface area contributed by atoms with Gasteiger partial charge in [-0.3, -0.25) is 9.78 Å². The van der Waals surface area contributed by atoms with Crippen LogP contribution in [-0.4, -0.2) is 74.5 Å². The molecule has 2 saturated heterocycles. The van der Waals surface area contributed by atoms with Gasteiger partial charge in [0.05, 0.1) is 30.2 Å². The molecule has 1 amide bonds. The minimum atomic E-state index is -3.83. The molecule has 5 rings (SSSR count). The molecule has 3 aromatic rings. The van der Waals surface area contributed by atoms with Crippen molar-refractivity contribution in [1.29, 1.82) is 0 Å². The number of hydrogen-bond acceptors (Lipinski definition) is 7. The highest BCUT2D eigenvalue weighted by Gasteiger charge is 2.42. The summed E-state index contributed by atoms with van der Waals surface area (Å²) in [6, 6.07) is 9.76. The molecule has 0 saturated carbocycles. The van der Waals surface area contributed by atoms with E-state index in [0.717, 1.165) is 5.56 Å². The lowest BCUT2D eigenvalue weighted by Crippen LogP contribution is -2.49. The maximum atomic E-state index is 13.4. The minimum Gasteiger partial charge on any atom is -0.493 e. The summed E-state index contributed by atoms with van der Waals surface area (Å²) < 4.78 is 44.9. The molecule has 1 N–H and O–H groups in total. The Bertz CT molecular complexity index is 1490. The van der Waals surface area contributed by atoms with Gasteiger partial charge in [0, 0.05) is 49.1 Å². The summed E-state index contributed by atoms with van der Waals surface area (Å²) in [4.78, 5) is 29.1. The summed E-state index contributed by atoms with van der Waals surface area (Å²) in [6.45, 7) is 4.75. The Balaban J connectivity index is 1.34. The van der Waals surface area contributed by atoms with Crippen LogP contribution >= 0.6 is 11.6 Å². The zero-order valence-corrected chi connectivity index (χ0v) is 22.6. The summed E-state index contributed by atoms with van der Waals surface area (Å²) in [5, 5.41) is 0.644. The first kappa shape index (κ1) is 26.7. The van der Waals surface area contributed by atoms with Gasteiger partial charge in [0.25, 0.3) is 0 Å². The van der Waals surface area contributed by atoms with E-state index in [0.29, 0.717) is 55.4 Å². The highest BCUT2D eigenvalue weighted by molar-refractivity contribution is 7.89. The number of H-pyrrole nitrogens is 1. The number of amides is 1. The maximum absolute atomic E-state index is 13.4. The van der Waals surface area contributed by atoms with Crippen molar-refractivity contribution >= 4 is 38.6 Å². The van der Waals surface area contributed by atoms with E-state index >= 15 is 0 Å². The Morgan fingerprint density at radius 2 is 1.84 bits per heavy atom. The second-order valence-corrected chi connectivity index (χ2v) is 12.3. The van der Waals surface area contributed by atoms with Crippen LogP contribution in [0.15, 0.2) is 50.5 Å². The topological polar surface area (TPSA) is 122 Å². The first-order chi connectivity index (χ1) is 18.1. The first-order valence-electron chi connectivity index (χ1n) is 12.5. The van der Waals surface area contributed by atoms with Crippen molar-refractivity contribution in [3.05, 3.63) is 57.5 Å². The highest BCUT2D eigenvalue weighted by Crippen LogP contribution is 2.38. The number of aromatic amines is 1. The summed E-state index contributed by atoms with van der Waals surface area (Å²) in [7, 11) is -3.83. The van der Waals surface area contributed by atoms with Gasteiger partial charge in [0.1, 0.15) is 5.75 Å². The van der Waals surface area contributed by atoms with Crippen LogP contribution in [0.2, 0.25) is 5.02 Å². The Morgan fingerprint density at radius 3 is 2.55 bits per heavy atom. The summed E-state index contributed by atoms with van der Waals surface area (Å²) in [5.74, 6) is 0.0352. The number of carbonyl (C=O) groups excluding carboxylic acids is 1. The largest absolute Gasteiger partial charge is 0.493 e. The van der Waals surface area contributed by atoms with Crippen molar-refractivity contribution in [3.8, 4) is 5.75 Å². The predicted octanol–water partition coefficient (Wildman–Crippen LogP) is 3.18. The Hall–Kier alpha value is -2.86. The predicted molar refractivity (Wildman–Crippen MR) is 141 cm³/mol. The minimum absolute atomic E-state index is 0.0217. The molecular weight excluding hydrogens is 534 g/mol. The molecule has 0 atom stereocenters. The van der Waals surface area contributed by atoms with Crippen LogP contribution in [-0.2, 0) is 19.6 Å². The number of oxazole rings is 1. The molecule has 10 nitrogen and oxygen atoms in total. The number of aryl methyl sites for hydroxylation is 1. The molecule has 204 valence electrons. The number of nitrogens with zero attached hydrogens (tertiary/aromatic N) is 2. The number of rotatable bonds is 7. The number of benzene rings is 2. The SMILES string of the molecule is Cc1cc(OCC2(CC(=O)N3CCOCC3)CCN(S(=O)(=O)c3ccc4[nH]c(=O)oc4c3)CC2)ccc1Cl. The van der Waals surface area contributed by atoms with Crippen molar-refractivity contribution in [2.45, 2.75) is 31.1 Å². The Morgan fingerprint density at radius 1 is 1.11 bits per heavy atom. The summed E-state index contributed by atoms with van der Waals surface area (Å²) in [6.07, 6.45) is 1.17. The number of morpholine rings is 1. The number of carbonyl (C=O) groups is 1. The fraction of sp³-hybridized carbons (Fsp3) is 0.462. The zero-order valence-electron chi connectivity index (χ0n) is 21.1. The van der Waals surface area contributed by atoms with E-state index in [1.165, 1.54) is 22.5 Å². The van der Waals surface area contributed by atoms with E-state index in [1.807, 2.05) is 13.0 Å². The molecule has 2 aliphatic rings. The molecule has 38 heavy (non-hydrogen) atoms. The summed E-state index contributed by atoms with van der Waals surface area (Å²) >= 11 is 6.15. The summed E-state index contributed by atoms with van der Waals surface area (Å²) in [5.41, 5.74) is 0.971. The number of halogens is 1. The van der Waals surface area contributed by atoms with E-state index in [4.69, 9.17) is 25.5 Å². The molecule has 2 aromatic carbocycles. The van der Waals surface area contributed by atoms with Crippen molar-refractivity contribution in [1.82, 2.24) is 14.2 Å². The van der Waals surface area contributed by atoms with E-state index in [2.05, 4.69) is 4.98 Å². The van der Waals surface area contributed by atoms with Crippen molar-refractivity contribution in [3.63, 3.8) is 0 Å². The van der Waals surface area contributed by atoms with Gasteiger partial charge in [-0.15, -0.1) is 0 Å². The number of fused-ring (bicyclic) bond motifs is 1. The molecule has 0 spiro atoms. The molecule has 0 unspecified atom stereocenters. The molecule has 12 heteroatoms. The van der Waals surface area contributed by atoms with Gasteiger partial charge >= 0.3 is 5.76 Å². The van der Waals surface area contributed by atoms with E-state index in [1.54, 1.807) is 17.0 Å². The molecule has 0 bridgehead atoms. The maximum Gasteiger partial charge on any atom is 0.417 e. The molecule has 0 radical (unpaired) electrons. The quantitative estimate of drug-likeness (QED) is 0.468. The van der Waals surface area contributed by atoms with Gasteiger partial charge in [-0.1, -0.05) is 11.6 Å². The smallest absolute Gasteiger partial charge is 0.417 e. The first-order valence-corrected chi connectivity index (χ1v) is 14.3. The molecule has 2 aliphatic heterocycles. The molecule has 1 aromatic heterocycles. The lowest BCUT2D eigenvalue weighted by atomic mass is 9.76. The fourth-order valence-electron chi connectivity index (χ4n) is 5.00. The number of aromatic nitrogens is 1. The number of piperidine rings is 1. The second-order valence-electron chi connectivity index (χ2n) is 9.95. The Labute approximate surface area is 225 Å². The molecule has 3 heterocycles. The highest BCUT2D eigenvalue weighted by atomic mass is 35.5. The number of ether oxygens (including phenoxy) is 2. The monoisotopic (exact) mass is 563 g/mol. The molecule has 2 fully saturated rings. The van der Waals surface area contributed by atoms with E-state index in [9.17, 15) is 18.0 Å². The lowest BCUT2D eigenvalue weighted by Gasteiger charge is -2.41. The van der Waals surface area contributed by atoms with Crippen LogP contribution in [0.5, 0.6) is 5.75 Å².